The Balaban J connectivity index is 2.04. The molecule has 3 rings (SSSR count). The summed E-state index contributed by atoms with van der Waals surface area (Å²) in [6, 6.07) is 7.62. The van der Waals surface area contributed by atoms with Gasteiger partial charge in [0.2, 0.25) is 12.4 Å². The molecule has 0 saturated heterocycles. The Bertz CT molecular complexity index is 1060. The van der Waals surface area contributed by atoms with Gasteiger partial charge in [0.05, 0.1) is 0 Å². The van der Waals surface area contributed by atoms with E-state index in [2.05, 4.69) is 14.5 Å². The summed E-state index contributed by atoms with van der Waals surface area (Å²) in [6.45, 7) is -3.20. The van der Waals surface area contributed by atoms with E-state index >= 15 is 0 Å². The summed E-state index contributed by atoms with van der Waals surface area (Å²) in [5.41, 5.74) is 0.265. The summed E-state index contributed by atoms with van der Waals surface area (Å²) in [4.78, 5) is 10.2. The van der Waals surface area contributed by atoms with Gasteiger partial charge in [0, 0.05) is 33.9 Å². The van der Waals surface area contributed by atoms with Gasteiger partial charge < -0.3 is 14.6 Å². The van der Waals surface area contributed by atoms with Crippen LogP contribution in [0, 0.1) is 0 Å². The SMILES string of the molecule is CO[n+]1ccc(CC(c2ccc(OC(F)F)c(OC(F)F)c2)c2cnc(C(C)(C)O)s2)cc1. The van der Waals surface area contributed by atoms with Crippen LogP contribution < -0.4 is 19.0 Å². The van der Waals surface area contributed by atoms with Crippen LogP contribution in [0.15, 0.2) is 48.9 Å². The number of thiazole rings is 1. The van der Waals surface area contributed by atoms with Crippen molar-refractivity contribution in [2.45, 2.75) is 45.0 Å². The monoisotopic (exact) mass is 487 g/mol. The lowest BCUT2D eigenvalue weighted by Crippen LogP contribution is -2.39. The van der Waals surface area contributed by atoms with Crippen LogP contribution in [-0.4, -0.2) is 30.4 Å². The first-order valence-electron chi connectivity index (χ1n) is 9.83. The summed E-state index contributed by atoms with van der Waals surface area (Å²) < 4.78 is 61.6. The Morgan fingerprint density at radius 3 is 2.21 bits per heavy atom. The molecule has 11 heteroatoms. The number of pyridine rings is 1. The second-order valence-electron chi connectivity index (χ2n) is 7.60. The topological polar surface area (TPSA) is 64.7 Å². The van der Waals surface area contributed by atoms with Gasteiger partial charge in [-0.3, -0.25) is 4.84 Å². The minimum atomic E-state index is -3.22. The Labute approximate surface area is 192 Å². The fourth-order valence-electron chi connectivity index (χ4n) is 3.17. The number of rotatable bonds is 10. The highest BCUT2D eigenvalue weighted by molar-refractivity contribution is 7.11. The quantitative estimate of drug-likeness (QED) is 0.341. The van der Waals surface area contributed by atoms with Crippen molar-refractivity contribution in [3.8, 4) is 11.5 Å². The number of halogens is 4. The van der Waals surface area contributed by atoms with Crippen molar-refractivity contribution < 1.29 is 41.7 Å². The van der Waals surface area contributed by atoms with Crippen molar-refractivity contribution in [2.24, 2.45) is 0 Å². The number of alkyl halides is 4. The summed E-state index contributed by atoms with van der Waals surface area (Å²) >= 11 is 1.27. The van der Waals surface area contributed by atoms with Crippen LogP contribution in [0.1, 0.15) is 40.8 Å². The molecule has 1 N–H and O–H groups in total. The number of benzene rings is 1. The molecule has 0 aliphatic rings. The van der Waals surface area contributed by atoms with Gasteiger partial charge in [-0.2, -0.15) is 17.6 Å². The Morgan fingerprint density at radius 1 is 1.03 bits per heavy atom. The van der Waals surface area contributed by atoms with E-state index in [9.17, 15) is 22.7 Å². The summed E-state index contributed by atoms with van der Waals surface area (Å²) in [5.74, 6) is -1.38. The van der Waals surface area contributed by atoms with Gasteiger partial charge in [0.25, 0.3) is 0 Å². The van der Waals surface area contributed by atoms with Gasteiger partial charge in [-0.15, -0.1) is 11.3 Å². The van der Waals surface area contributed by atoms with Crippen molar-refractivity contribution >= 4 is 11.3 Å². The van der Waals surface area contributed by atoms with Crippen molar-refractivity contribution in [3.05, 3.63) is 69.9 Å². The lowest BCUT2D eigenvalue weighted by Gasteiger charge is -2.19. The third kappa shape index (κ3) is 6.55. The molecule has 1 atom stereocenters. The molecule has 1 aromatic carbocycles. The van der Waals surface area contributed by atoms with E-state index in [1.807, 2.05) is 12.1 Å². The third-order valence-electron chi connectivity index (χ3n) is 4.71. The molecule has 0 bridgehead atoms. The molecule has 178 valence electrons. The number of aromatic nitrogens is 2. The van der Waals surface area contributed by atoms with Crippen LogP contribution in [0.5, 0.6) is 11.5 Å². The minimum absolute atomic E-state index is 0.391. The molecule has 0 saturated carbocycles. The maximum atomic E-state index is 12.9. The zero-order valence-corrected chi connectivity index (χ0v) is 18.9. The second-order valence-corrected chi connectivity index (χ2v) is 8.66. The molecule has 0 amide bonds. The van der Waals surface area contributed by atoms with Crippen molar-refractivity contribution in [1.29, 1.82) is 0 Å². The van der Waals surface area contributed by atoms with Gasteiger partial charge in [0.1, 0.15) is 17.7 Å². The van der Waals surface area contributed by atoms with E-state index in [1.165, 1.54) is 41.4 Å². The Morgan fingerprint density at radius 2 is 1.67 bits per heavy atom. The molecular weight excluding hydrogens is 464 g/mol. The highest BCUT2D eigenvalue weighted by Crippen LogP contribution is 2.39. The molecule has 0 radical (unpaired) electrons. The second kappa shape index (κ2) is 10.3. The Kier molecular flexibility index (Phi) is 7.75. The van der Waals surface area contributed by atoms with Gasteiger partial charge in [0.15, 0.2) is 11.5 Å². The molecule has 0 aliphatic heterocycles. The molecule has 2 aromatic heterocycles. The third-order valence-corrected chi connectivity index (χ3v) is 6.14. The van der Waals surface area contributed by atoms with Crippen molar-refractivity contribution in [1.82, 2.24) is 4.98 Å². The molecule has 0 fully saturated rings. The normalized spacial score (nSPS) is 12.8. The molecule has 33 heavy (non-hydrogen) atoms. The standard InChI is InChI=1S/C22H23F4N2O4S/c1-22(2,29)19-27-12-18(33-19)15(10-13-6-8-28(30-3)9-7-13)14-4-5-16(31-20(23)24)17(11-14)32-21(25)26/h4-9,11-12,15,20-21,29H,10H2,1-3H3/q+1. The van der Waals surface area contributed by atoms with E-state index in [4.69, 9.17) is 4.84 Å². The van der Waals surface area contributed by atoms with Gasteiger partial charge in [-0.25, -0.2) is 4.98 Å². The first kappa shape index (κ1) is 24.7. The molecule has 1 unspecified atom stereocenters. The van der Waals surface area contributed by atoms with E-state index < -0.39 is 36.2 Å². The van der Waals surface area contributed by atoms with Gasteiger partial charge >= 0.3 is 13.2 Å². The zero-order chi connectivity index (χ0) is 24.2. The number of aliphatic hydroxyl groups is 1. The lowest BCUT2D eigenvalue weighted by atomic mass is 9.91. The van der Waals surface area contributed by atoms with E-state index in [0.29, 0.717) is 17.0 Å². The molecule has 3 aromatic rings. The molecule has 6 nitrogen and oxygen atoms in total. The predicted molar refractivity (Wildman–Crippen MR) is 112 cm³/mol. The van der Waals surface area contributed by atoms with Crippen molar-refractivity contribution in [3.63, 3.8) is 0 Å². The number of hydrogen-bond donors (Lipinski definition) is 1. The van der Waals surface area contributed by atoms with Crippen LogP contribution in [-0.2, 0) is 12.0 Å². The van der Waals surface area contributed by atoms with Crippen LogP contribution in [0.3, 0.4) is 0 Å². The predicted octanol–water partition coefficient (Wildman–Crippen LogP) is 4.29. The highest BCUT2D eigenvalue weighted by atomic mass is 32.1. The van der Waals surface area contributed by atoms with E-state index in [1.54, 1.807) is 32.4 Å². The summed E-state index contributed by atoms with van der Waals surface area (Å²) in [6.07, 6.45) is 5.47. The highest BCUT2D eigenvalue weighted by Gasteiger charge is 2.26. The van der Waals surface area contributed by atoms with E-state index in [0.717, 1.165) is 10.4 Å². The number of hydrogen-bond acceptors (Lipinski definition) is 6. The van der Waals surface area contributed by atoms with Gasteiger partial charge in [-0.05, 0) is 43.5 Å². The van der Waals surface area contributed by atoms with Crippen LogP contribution in [0.2, 0.25) is 0 Å². The lowest BCUT2D eigenvalue weighted by molar-refractivity contribution is -0.885. The summed E-state index contributed by atoms with van der Waals surface area (Å²) in [7, 11) is 1.52. The molecule has 2 heterocycles. The average Bonchev–Trinajstić information content (AvgIpc) is 3.24. The molecule has 0 aliphatic carbocycles. The first-order chi connectivity index (χ1) is 15.6. The minimum Gasteiger partial charge on any atom is -0.431 e. The molecule has 0 spiro atoms. The van der Waals surface area contributed by atoms with E-state index in [-0.39, 0.29) is 0 Å². The largest absolute Gasteiger partial charge is 0.431 e. The van der Waals surface area contributed by atoms with Crippen LogP contribution in [0.4, 0.5) is 17.6 Å². The first-order valence-corrected chi connectivity index (χ1v) is 10.6. The fraction of sp³-hybridized carbons (Fsp3) is 0.364. The van der Waals surface area contributed by atoms with Crippen LogP contribution in [0.25, 0.3) is 0 Å². The smallest absolute Gasteiger partial charge is 0.387 e. The fourth-order valence-corrected chi connectivity index (χ4v) is 4.22. The van der Waals surface area contributed by atoms with Crippen LogP contribution >= 0.6 is 11.3 Å². The zero-order valence-electron chi connectivity index (χ0n) is 18.0. The average molecular weight is 487 g/mol. The van der Waals surface area contributed by atoms with Gasteiger partial charge in [-0.1, -0.05) is 6.07 Å². The maximum absolute atomic E-state index is 12.9. The maximum Gasteiger partial charge on any atom is 0.387 e. The Hall–Kier alpha value is -2.92. The number of ether oxygens (including phenoxy) is 2. The summed E-state index contributed by atoms with van der Waals surface area (Å²) in [5, 5.41) is 10.8. The number of nitrogens with zero attached hydrogens (tertiary/aromatic N) is 2. The molecular formula is C22H23F4N2O4S+. The van der Waals surface area contributed by atoms with Crippen molar-refractivity contribution in [2.75, 3.05) is 7.11 Å².